The molecule has 21 heavy (non-hydrogen) atoms. The number of carbonyl (C=O) groups excluding carboxylic acids is 2. The van der Waals surface area contributed by atoms with Gasteiger partial charge in [-0.15, -0.1) is 0 Å². The van der Waals surface area contributed by atoms with Gasteiger partial charge in [0.25, 0.3) is 5.91 Å². The minimum absolute atomic E-state index is 0.0866. The Balaban J connectivity index is 1.99. The molecule has 0 bridgehead atoms. The van der Waals surface area contributed by atoms with E-state index in [2.05, 4.69) is 5.32 Å². The van der Waals surface area contributed by atoms with Gasteiger partial charge < -0.3 is 15.3 Å². The Morgan fingerprint density at radius 2 is 1.95 bits per heavy atom. The lowest BCUT2D eigenvalue weighted by atomic mass is 10.1. The molecule has 2 N–H and O–H groups in total. The van der Waals surface area contributed by atoms with Crippen LogP contribution in [0, 0.1) is 0 Å². The van der Waals surface area contributed by atoms with Crippen LogP contribution in [-0.2, 0) is 4.79 Å². The van der Waals surface area contributed by atoms with E-state index in [0.717, 1.165) is 32.4 Å². The quantitative estimate of drug-likeness (QED) is 0.899. The first kappa shape index (κ1) is 15.6. The van der Waals surface area contributed by atoms with E-state index in [1.807, 2.05) is 0 Å². The van der Waals surface area contributed by atoms with Crippen molar-refractivity contribution in [1.29, 1.82) is 0 Å². The summed E-state index contributed by atoms with van der Waals surface area (Å²) in [5.74, 6) is -0.767. The molecule has 2 amide bonds. The third kappa shape index (κ3) is 3.88. The molecule has 0 spiro atoms. The largest absolute Gasteiger partial charge is 0.507 e. The molecule has 1 unspecified atom stereocenters. The van der Waals surface area contributed by atoms with Crippen LogP contribution >= 0.6 is 11.6 Å². The molecule has 0 radical (unpaired) electrons. The second-order valence-electron chi connectivity index (χ2n) is 5.24. The van der Waals surface area contributed by atoms with Crippen LogP contribution < -0.4 is 5.32 Å². The fourth-order valence-electron chi connectivity index (χ4n) is 2.42. The van der Waals surface area contributed by atoms with E-state index in [1.165, 1.54) is 18.2 Å². The summed E-state index contributed by atoms with van der Waals surface area (Å²) in [6.07, 6.45) is 3.15. The Labute approximate surface area is 128 Å². The molecule has 114 valence electrons. The van der Waals surface area contributed by atoms with E-state index >= 15 is 0 Å². The van der Waals surface area contributed by atoms with Crippen LogP contribution in [0.2, 0.25) is 5.02 Å². The van der Waals surface area contributed by atoms with Gasteiger partial charge in [0.15, 0.2) is 0 Å². The zero-order chi connectivity index (χ0) is 15.4. The first-order chi connectivity index (χ1) is 9.99. The van der Waals surface area contributed by atoms with Crippen molar-refractivity contribution in [2.45, 2.75) is 32.2 Å². The molecule has 1 aliphatic heterocycles. The molecule has 0 saturated carbocycles. The summed E-state index contributed by atoms with van der Waals surface area (Å²) in [7, 11) is 0. The maximum atomic E-state index is 12.2. The predicted octanol–water partition coefficient (Wildman–Crippen LogP) is 2.18. The van der Waals surface area contributed by atoms with Gasteiger partial charge in [0.1, 0.15) is 11.8 Å². The first-order valence-corrected chi connectivity index (χ1v) is 7.45. The third-order valence-electron chi connectivity index (χ3n) is 3.59. The average Bonchev–Trinajstić information content (AvgIpc) is 2.47. The predicted molar refractivity (Wildman–Crippen MR) is 80.5 cm³/mol. The minimum atomic E-state index is -0.620. The van der Waals surface area contributed by atoms with E-state index in [1.54, 1.807) is 11.8 Å². The van der Waals surface area contributed by atoms with Gasteiger partial charge in [-0.3, -0.25) is 9.59 Å². The lowest BCUT2D eigenvalue weighted by Crippen LogP contribution is -2.48. The van der Waals surface area contributed by atoms with Gasteiger partial charge in [0.2, 0.25) is 5.91 Å². The number of likely N-dealkylation sites (tertiary alicyclic amines) is 1. The van der Waals surface area contributed by atoms with Gasteiger partial charge in [-0.1, -0.05) is 11.6 Å². The summed E-state index contributed by atoms with van der Waals surface area (Å²) in [6, 6.07) is 3.64. The Morgan fingerprint density at radius 3 is 2.57 bits per heavy atom. The van der Waals surface area contributed by atoms with Crippen LogP contribution in [0.3, 0.4) is 0 Å². The number of piperidine rings is 1. The van der Waals surface area contributed by atoms with Crippen molar-refractivity contribution < 1.29 is 14.7 Å². The number of benzene rings is 1. The van der Waals surface area contributed by atoms with Crippen LogP contribution in [0.25, 0.3) is 0 Å². The zero-order valence-corrected chi connectivity index (χ0v) is 12.7. The molecule has 1 atom stereocenters. The topological polar surface area (TPSA) is 69.6 Å². The molecular weight excluding hydrogens is 292 g/mol. The highest BCUT2D eigenvalue weighted by atomic mass is 35.5. The second-order valence-corrected chi connectivity index (χ2v) is 5.68. The van der Waals surface area contributed by atoms with Crippen molar-refractivity contribution in [1.82, 2.24) is 10.2 Å². The van der Waals surface area contributed by atoms with Crippen molar-refractivity contribution in [3.05, 3.63) is 28.8 Å². The maximum absolute atomic E-state index is 12.2. The highest BCUT2D eigenvalue weighted by molar-refractivity contribution is 6.30. The number of nitrogens with zero attached hydrogens (tertiary/aromatic N) is 1. The molecule has 1 aliphatic rings. The van der Waals surface area contributed by atoms with Crippen molar-refractivity contribution in [2.75, 3.05) is 13.1 Å². The molecule has 1 aromatic rings. The molecule has 1 aromatic carbocycles. The summed E-state index contributed by atoms with van der Waals surface area (Å²) in [5, 5.41) is 12.7. The summed E-state index contributed by atoms with van der Waals surface area (Å²) >= 11 is 5.73. The molecule has 1 heterocycles. The van der Waals surface area contributed by atoms with E-state index in [-0.39, 0.29) is 17.2 Å². The van der Waals surface area contributed by atoms with Crippen LogP contribution in [-0.4, -0.2) is 41.0 Å². The summed E-state index contributed by atoms with van der Waals surface area (Å²) in [5.41, 5.74) is 0.109. The van der Waals surface area contributed by atoms with Crippen LogP contribution in [0.4, 0.5) is 0 Å². The summed E-state index contributed by atoms with van der Waals surface area (Å²) in [4.78, 5) is 26.1. The number of hydrogen-bond acceptors (Lipinski definition) is 3. The minimum Gasteiger partial charge on any atom is -0.507 e. The number of hydrogen-bond donors (Lipinski definition) is 2. The number of aromatic hydroxyl groups is 1. The molecule has 1 saturated heterocycles. The van der Waals surface area contributed by atoms with Crippen molar-refractivity contribution >= 4 is 23.4 Å². The average molecular weight is 311 g/mol. The molecule has 6 heteroatoms. The maximum Gasteiger partial charge on any atom is 0.255 e. The van der Waals surface area contributed by atoms with E-state index in [9.17, 15) is 14.7 Å². The number of carbonyl (C=O) groups is 2. The molecule has 5 nitrogen and oxygen atoms in total. The number of phenols is 1. The third-order valence-corrected chi connectivity index (χ3v) is 3.83. The normalized spacial score (nSPS) is 16.4. The fourth-order valence-corrected chi connectivity index (χ4v) is 2.59. The lowest BCUT2D eigenvalue weighted by Gasteiger charge is -2.29. The van der Waals surface area contributed by atoms with E-state index in [0.29, 0.717) is 5.02 Å². The number of rotatable bonds is 3. The van der Waals surface area contributed by atoms with Gasteiger partial charge in [-0.05, 0) is 44.4 Å². The first-order valence-electron chi connectivity index (χ1n) is 7.07. The highest BCUT2D eigenvalue weighted by Crippen LogP contribution is 2.21. The van der Waals surface area contributed by atoms with Gasteiger partial charge >= 0.3 is 0 Å². The molecule has 2 rings (SSSR count). The summed E-state index contributed by atoms with van der Waals surface area (Å²) < 4.78 is 0. The fraction of sp³-hybridized carbons (Fsp3) is 0.467. The van der Waals surface area contributed by atoms with Crippen LogP contribution in [0.1, 0.15) is 36.5 Å². The number of halogens is 1. The van der Waals surface area contributed by atoms with E-state index < -0.39 is 11.9 Å². The zero-order valence-electron chi connectivity index (χ0n) is 11.9. The SMILES string of the molecule is CC(NC(=O)c1ccc(Cl)cc1O)C(=O)N1CCCCC1. The number of phenolic OH excluding ortho intramolecular Hbond substituents is 1. The van der Waals surface area contributed by atoms with Crippen LogP contribution in [0.5, 0.6) is 5.75 Å². The number of nitrogens with one attached hydrogen (secondary N) is 1. The Morgan fingerprint density at radius 1 is 1.29 bits per heavy atom. The monoisotopic (exact) mass is 310 g/mol. The van der Waals surface area contributed by atoms with Gasteiger partial charge in [0, 0.05) is 18.1 Å². The lowest BCUT2D eigenvalue weighted by molar-refractivity contribution is -0.133. The smallest absolute Gasteiger partial charge is 0.255 e. The van der Waals surface area contributed by atoms with Crippen molar-refractivity contribution in [3.8, 4) is 5.75 Å². The van der Waals surface area contributed by atoms with Crippen molar-refractivity contribution in [3.63, 3.8) is 0 Å². The van der Waals surface area contributed by atoms with Gasteiger partial charge in [-0.25, -0.2) is 0 Å². The van der Waals surface area contributed by atoms with Gasteiger partial charge in [-0.2, -0.15) is 0 Å². The Bertz CT molecular complexity index is 542. The molecular formula is C15H19ClN2O3. The second kappa shape index (κ2) is 6.80. The molecule has 0 aliphatic carbocycles. The Kier molecular flexibility index (Phi) is 5.07. The number of amides is 2. The highest BCUT2D eigenvalue weighted by Gasteiger charge is 2.24. The van der Waals surface area contributed by atoms with Crippen molar-refractivity contribution in [2.24, 2.45) is 0 Å². The Hall–Kier alpha value is -1.75. The molecule has 1 fully saturated rings. The van der Waals surface area contributed by atoms with Crippen LogP contribution in [0.15, 0.2) is 18.2 Å². The standard InChI is InChI=1S/C15H19ClN2O3/c1-10(15(21)18-7-3-2-4-8-18)17-14(20)12-6-5-11(16)9-13(12)19/h5-6,9-10,19H,2-4,7-8H2,1H3,(H,17,20). The summed E-state index contributed by atoms with van der Waals surface area (Å²) in [6.45, 7) is 3.14. The van der Waals surface area contributed by atoms with Gasteiger partial charge in [0.05, 0.1) is 5.56 Å². The molecule has 0 aromatic heterocycles. The van der Waals surface area contributed by atoms with E-state index in [4.69, 9.17) is 11.6 Å².